The van der Waals surface area contributed by atoms with Crippen LogP contribution in [-0.4, -0.2) is 57.1 Å². The van der Waals surface area contributed by atoms with E-state index in [2.05, 4.69) is 53.2 Å². The van der Waals surface area contributed by atoms with Gasteiger partial charge in [-0.3, -0.25) is 4.90 Å². The molecule has 1 radical (unpaired) electrons. The molecule has 0 saturated heterocycles. The fraction of sp³-hybridized carbons (Fsp3) is 0.150. The summed E-state index contributed by atoms with van der Waals surface area (Å²) in [5.41, 5.74) is 8.66. The first-order valence-corrected chi connectivity index (χ1v) is 17.8. The van der Waals surface area contributed by atoms with Crippen LogP contribution < -0.4 is 15.1 Å². The summed E-state index contributed by atoms with van der Waals surface area (Å²) in [6.07, 6.45) is 7.46. The van der Waals surface area contributed by atoms with E-state index in [0.717, 1.165) is 60.9 Å². The number of thiophene rings is 2. The molecule has 1 atom stereocenters. The number of carboxylic acid groups (broad SMARTS) is 2. The Bertz CT molecular complexity index is 1820. The fourth-order valence-corrected chi connectivity index (χ4v) is 6.59. The van der Waals surface area contributed by atoms with Crippen LogP contribution in [-0.2, 0) is 26.7 Å². The van der Waals surface area contributed by atoms with Crippen molar-refractivity contribution in [2.75, 3.05) is 40.3 Å². The minimum absolute atomic E-state index is 0. The third-order valence-electron chi connectivity index (χ3n) is 7.77. The number of rotatable bonds is 14. The molecule has 0 aliphatic rings. The number of furan rings is 2. The van der Waals surface area contributed by atoms with E-state index < -0.39 is 11.9 Å². The number of carbonyl (C=O) groups is 2. The van der Waals surface area contributed by atoms with Crippen molar-refractivity contribution in [3.05, 3.63) is 153 Å². The summed E-state index contributed by atoms with van der Waals surface area (Å²) in [6, 6.07) is 28.1. The van der Waals surface area contributed by atoms with E-state index >= 15 is 0 Å². The maximum atomic E-state index is 10.7. The van der Waals surface area contributed by atoms with Crippen molar-refractivity contribution in [1.82, 2.24) is 4.90 Å². The third kappa shape index (κ3) is 11.7. The molecular formula is C40H37MnN2O6S2-. The van der Waals surface area contributed by atoms with E-state index in [9.17, 15) is 19.8 Å². The molecule has 6 rings (SSSR count). The molecule has 11 heteroatoms. The maximum Gasteiger partial charge on any atom is 0.133 e. The van der Waals surface area contributed by atoms with Gasteiger partial charge in [-0.15, -0.1) is 0 Å². The average molecular weight is 761 g/mol. The van der Waals surface area contributed by atoms with Gasteiger partial charge in [-0.25, -0.2) is 0 Å². The topological polar surface area (TPSA) is 114 Å². The number of hydrogen-bond acceptors (Lipinski definition) is 9. The zero-order chi connectivity index (χ0) is 35.3. The van der Waals surface area contributed by atoms with Gasteiger partial charge >= 0.3 is 0 Å². The Hall–Kier alpha value is -4.74. The molecular weight excluding hydrogens is 724 g/mol. The Balaban J connectivity index is 0.000000224. The summed E-state index contributed by atoms with van der Waals surface area (Å²) < 4.78 is 10.9. The molecule has 1 unspecified atom stereocenters. The molecule has 51 heavy (non-hydrogen) atoms. The van der Waals surface area contributed by atoms with Crippen molar-refractivity contribution < 1.29 is 50.6 Å². The minimum atomic E-state index is -1.07. The Labute approximate surface area is 316 Å². The molecule has 6 aromatic rings. The van der Waals surface area contributed by atoms with Gasteiger partial charge in [0, 0.05) is 41.3 Å². The summed E-state index contributed by atoms with van der Waals surface area (Å²) in [5.74, 6) is -0.436. The molecule has 0 fully saturated rings. The van der Waals surface area contributed by atoms with Crippen LogP contribution in [0.2, 0.25) is 0 Å². The van der Waals surface area contributed by atoms with Crippen LogP contribution in [0.25, 0.3) is 33.8 Å². The summed E-state index contributed by atoms with van der Waals surface area (Å²) in [5, 5.41) is 29.7. The van der Waals surface area contributed by atoms with E-state index in [1.54, 1.807) is 47.1 Å². The van der Waals surface area contributed by atoms with Gasteiger partial charge in [-0.1, -0.05) is 54.6 Å². The standard InChI is InChI=1S/2C20H19NO3S.Mn/c2*1-21(13-20(22)23)10-8-18(17-9-12-25-14-17)15-4-6-16(7-5-15)19-3-2-11-24-19;/h2*2-9,11-12,14H,10,13H2,1H3,(H,22,23);/p-1/b2*18-8-;. The number of benzene rings is 2. The largest absolute Gasteiger partial charge is 0.549 e. The number of nitrogens with zero attached hydrogens (tertiary/aromatic N) is 1. The van der Waals surface area contributed by atoms with Gasteiger partial charge < -0.3 is 33.5 Å². The minimum Gasteiger partial charge on any atom is -0.549 e. The monoisotopic (exact) mass is 760 g/mol. The molecule has 0 amide bonds. The van der Waals surface area contributed by atoms with E-state index in [0.29, 0.717) is 13.1 Å². The van der Waals surface area contributed by atoms with Crippen LogP contribution in [0.4, 0.5) is 0 Å². The second-order valence-electron chi connectivity index (χ2n) is 11.6. The molecule has 2 aromatic carbocycles. The Morgan fingerprint density at radius 3 is 1.59 bits per heavy atom. The van der Waals surface area contributed by atoms with Crippen LogP contribution in [0.5, 0.6) is 0 Å². The molecule has 0 aliphatic carbocycles. The first-order valence-electron chi connectivity index (χ1n) is 15.9. The number of quaternary nitrogens is 1. The van der Waals surface area contributed by atoms with Crippen molar-refractivity contribution in [1.29, 1.82) is 0 Å². The summed E-state index contributed by atoms with van der Waals surface area (Å²) >= 11 is 3.28. The SMILES string of the molecule is CN(C/C=C(/c1ccc(-c2ccco2)cc1)c1ccsc1)CC(=O)[O-].C[NH+](C/C=C(/c1ccc(-c2ccco2)cc1)c1ccsc1)CC(=O)[O-].[Mn]. The maximum absolute atomic E-state index is 10.7. The fourth-order valence-electron chi connectivity index (χ4n) is 5.28. The smallest absolute Gasteiger partial charge is 0.133 e. The molecule has 0 bridgehead atoms. The Kier molecular flexibility index (Phi) is 15.0. The predicted octanol–water partition coefficient (Wildman–Crippen LogP) is 4.82. The summed E-state index contributed by atoms with van der Waals surface area (Å²) in [7, 11) is 3.61. The normalized spacial score (nSPS) is 12.1. The van der Waals surface area contributed by atoms with Gasteiger partial charge in [0.2, 0.25) is 0 Å². The number of nitrogens with one attached hydrogen (secondary N) is 1. The number of carbonyl (C=O) groups excluding carboxylic acids is 2. The Morgan fingerprint density at radius 1 is 0.706 bits per heavy atom. The molecule has 4 heterocycles. The van der Waals surface area contributed by atoms with Crippen LogP contribution >= 0.6 is 22.7 Å². The number of likely N-dealkylation sites (N-methyl/N-ethyl adjacent to an activating group) is 2. The van der Waals surface area contributed by atoms with Crippen LogP contribution in [0.15, 0.2) is 140 Å². The molecule has 8 nitrogen and oxygen atoms in total. The molecule has 4 aromatic heterocycles. The second kappa shape index (κ2) is 19.6. The molecule has 0 spiro atoms. The van der Waals surface area contributed by atoms with Crippen molar-refractivity contribution in [2.24, 2.45) is 0 Å². The van der Waals surface area contributed by atoms with Gasteiger partial charge in [0.05, 0.1) is 38.1 Å². The van der Waals surface area contributed by atoms with Gasteiger partial charge in [-0.2, -0.15) is 22.7 Å². The van der Waals surface area contributed by atoms with E-state index in [-0.39, 0.29) is 30.2 Å². The van der Waals surface area contributed by atoms with Crippen molar-refractivity contribution >= 4 is 45.8 Å². The van der Waals surface area contributed by atoms with E-state index in [4.69, 9.17) is 8.83 Å². The van der Waals surface area contributed by atoms with Crippen LogP contribution in [0.1, 0.15) is 22.3 Å². The first-order chi connectivity index (χ1) is 24.3. The zero-order valence-corrected chi connectivity index (χ0v) is 30.9. The molecule has 0 aliphatic heterocycles. The van der Waals surface area contributed by atoms with Gasteiger partial charge in [-0.05, 0) is 104 Å². The quantitative estimate of drug-likeness (QED) is 0.159. The number of hydrogen-bond donors (Lipinski definition) is 1. The van der Waals surface area contributed by atoms with Crippen molar-refractivity contribution in [3.8, 4) is 22.6 Å². The van der Waals surface area contributed by atoms with Crippen molar-refractivity contribution in [2.45, 2.75) is 0 Å². The molecule has 0 saturated carbocycles. The zero-order valence-electron chi connectivity index (χ0n) is 28.1. The predicted molar refractivity (Wildman–Crippen MR) is 195 cm³/mol. The number of aliphatic carboxylic acids is 2. The van der Waals surface area contributed by atoms with Crippen LogP contribution in [0, 0.1) is 0 Å². The average Bonchev–Trinajstić information content (AvgIpc) is 3.94. The van der Waals surface area contributed by atoms with Gasteiger partial charge in [0.15, 0.2) is 0 Å². The van der Waals surface area contributed by atoms with Gasteiger partial charge in [0.25, 0.3) is 0 Å². The molecule has 1 N–H and O–H groups in total. The molecule has 263 valence electrons. The van der Waals surface area contributed by atoms with E-state index in [1.165, 1.54) is 0 Å². The van der Waals surface area contributed by atoms with Crippen LogP contribution in [0.3, 0.4) is 0 Å². The summed E-state index contributed by atoms with van der Waals surface area (Å²) in [6.45, 7) is 1.04. The second-order valence-corrected chi connectivity index (χ2v) is 13.2. The van der Waals surface area contributed by atoms with E-state index in [1.807, 2.05) is 72.4 Å². The van der Waals surface area contributed by atoms with Crippen molar-refractivity contribution in [3.63, 3.8) is 0 Å². The summed E-state index contributed by atoms with van der Waals surface area (Å²) in [4.78, 5) is 24.0. The third-order valence-corrected chi connectivity index (χ3v) is 9.14. The Morgan fingerprint density at radius 2 is 1.20 bits per heavy atom. The first kappa shape index (κ1) is 39.1. The van der Waals surface area contributed by atoms with Gasteiger partial charge in [0.1, 0.15) is 18.1 Å². The number of carboxylic acids is 2.